The second kappa shape index (κ2) is 8.15. The van der Waals surface area contributed by atoms with Gasteiger partial charge in [0, 0.05) is 12.6 Å². The smallest absolute Gasteiger partial charge is 0.316 e. The van der Waals surface area contributed by atoms with E-state index in [0.717, 1.165) is 22.4 Å². The summed E-state index contributed by atoms with van der Waals surface area (Å²) < 4.78 is 5.33. The van der Waals surface area contributed by atoms with E-state index in [1.54, 1.807) is 0 Å². The number of hydrogen-bond donors (Lipinski definition) is 0. The quantitative estimate of drug-likeness (QED) is 0.558. The van der Waals surface area contributed by atoms with Crippen LogP contribution < -0.4 is 0 Å². The van der Waals surface area contributed by atoms with Crippen molar-refractivity contribution in [3.63, 3.8) is 0 Å². The highest BCUT2D eigenvalue weighted by molar-refractivity contribution is 6.03. The number of rotatable bonds is 5. The molecule has 0 aromatic heterocycles. The lowest BCUT2D eigenvalue weighted by Crippen LogP contribution is -2.53. The molecule has 0 N–H and O–H groups in total. The number of esters is 1. The molecule has 1 unspecified atom stereocenters. The summed E-state index contributed by atoms with van der Waals surface area (Å²) in [4.78, 5) is 19.7. The minimum Gasteiger partial charge on any atom is -0.465 e. The number of fused-ring (bicyclic) bond motifs is 1. The Morgan fingerprint density at radius 2 is 1.47 bits per heavy atom. The summed E-state index contributed by atoms with van der Waals surface area (Å²) in [5.74, 6) is -0.0625. The maximum atomic E-state index is 12.7. The van der Waals surface area contributed by atoms with Crippen molar-refractivity contribution >= 4 is 17.5 Å². The van der Waals surface area contributed by atoms with Crippen LogP contribution in [0.2, 0.25) is 0 Å². The van der Waals surface area contributed by atoms with Crippen LogP contribution in [-0.2, 0) is 15.1 Å². The molecule has 0 saturated carbocycles. The standard InChI is InChI=1S/C26H26N2O2/c1-4-30-25(29)19(2)24-27-23-18-12-11-17-22(23)26(28(24)3,20-13-7-5-8-14-20)21-15-9-6-10-16-21/h5-19H,4H2,1-3H3. The van der Waals surface area contributed by atoms with E-state index in [-0.39, 0.29) is 5.97 Å². The van der Waals surface area contributed by atoms with E-state index < -0.39 is 11.5 Å². The molecule has 0 saturated heterocycles. The van der Waals surface area contributed by atoms with Gasteiger partial charge < -0.3 is 9.64 Å². The van der Waals surface area contributed by atoms with E-state index in [2.05, 4.69) is 59.5 Å². The Kier molecular flexibility index (Phi) is 5.40. The number of aliphatic imine (C=N–C) groups is 1. The van der Waals surface area contributed by atoms with Gasteiger partial charge in [0.25, 0.3) is 0 Å². The average molecular weight is 399 g/mol. The number of nitrogens with zero attached hydrogens (tertiary/aromatic N) is 2. The normalized spacial score (nSPS) is 15.7. The summed E-state index contributed by atoms with van der Waals surface area (Å²) in [5, 5.41) is 0. The summed E-state index contributed by atoms with van der Waals surface area (Å²) in [6.07, 6.45) is 0. The number of para-hydroxylation sites is 1. The first kappa shape index (κ1) is 19.9. The third kappa shape index (κ3) is 3.09. The van der Waals surface area contributed by atoms with E-state index in [1.165, 1.54) is 0 Å². The SMILES string of the molecule is CCOC(=O)C(C)C1=Nc2ccccc2C(c2ccccc2)(c2ccccc2)N1C. The Hall–Kier alpha value is -3.40. The molecule has 30 heavy (non-hydrogen) atoms. The van der Waals surface area contributed by atoms with Crippen LogP contribution in [0, 0.1) is 5.92 Å². The fourth-order valence-corrected chi connectivity index (χ4v) is 4.41. The molecule has 0 radical (unpaired) electrons. The van der Waals surface area contributed by atoms with Crippen LogP contribution in [0.25, 0.3) is 0 Å². The average Bonchev–Trinajstić information content (AvgIpc) is 2.80. The molecule has 0 spiro atoms. The first-order chi connectivity index (χ1) is 14.6. The number of carbonyl (C=O) groups excluding carboxylic acids is 1. The van der Waals surface area contributed by atoms with Crippen molar-refractivity contribution < 1.29 is 9.53 Å². The van der Waals surface area contributed by atoms with Gasteiger partial charge in [-0.05, 0) is 31.0 Å². The van der Waals surface area contributed by atoms with Gasteiger partial charge in [0.2, 0.25) is 0 Å². The van der Waals surface area contributed by atoms with Crippen LogP contribution in [0.1, 0.15) is 30.5 Å². The van der Waals surface area contributed by atoms with Crippen LogP contribution in [0.15, 0.2) is 89.9 Å². The van der Waals surface area contributed by atoms with E-state index in [9.17, 15) is 4.79 Å². The van der Waals surface area contributed by atoms with Gasteiger partial charge in [-0.2, -0.15) is 0 Å². The molecular weight excluding hydrogens is 372 g/mol. The molecule has 3 aromatic rings. The van der Waals surface area contributed by atoms with Crippen LogP contribution in [0.5, 0.6) is 0 Å². The summed E-state index contributed by atoms with van der Waals surface area (Å²) in [7, 11) is 2.02. The van der Waals surface area contributed by atoms with Gasteiger partial charge in [-0.25, -0.2) is 4.99 Å². The fourth-order valence-electron chi connectivity index (χ4n) is 4.41. The van der Waals surface area contributed by atoms with Crippen molar-refractivity contribution in [3.8, 4) is 0 Å². The molecule has 0 amide bonds. The number of carbonyl (C=O) groups is 1. The Morgan fingerprint density at radius 3 is 2.03 bits per heavy atom. The summed E-state index contributed by atoms with van der Waals surface area (Å²) in [6, 6.07) is 29.0. The Bertz CT molecular complexity index is 1020. The lowest BCUT2D eigenvalue weighted by atomic mass is 9.73. The lowest BCUT2D eigenvalue weighted by molar-refractivity contribution is -0.145. The molecule has 1 aliphatic rings. The lowest BCUT2D eigenvalue weighted by Gasteiger charge is -2.48. The molecule has 1 heterocycles. The van der Waals surface area contributed by atoms with Gasteiger partial charge in [-0.1, -0.05) is 78.9 Å². The number of hydrogen-bond acceptors (Lipinski definition) is 4. The van der Waals surface area contributed by atoms with Gasteiger partial charge >= 0.3 is 5.97 Å². The first-order valence-electron chi connectivity index (χ1n) is 10.3. The van der Waals surface area contributed by atoms with Crippen molar-refractivity contribution in [2.24, 2.45) is 10.9 Å². The van der Waals surface area contributed by atoms with E-state index in [4.69, 9.17) is 9.73 Å². The Morgan fingerprint density at radius 1 is 0.933 bits per heavy atom. The highest BCUT2D eigenvalue weighted by atomic mass is 16.5. The van der Waals surface area contributed by atoms with Crippen LogP contribution in [-0.4, -0.2) is 30.4 Å². The first-order valence-corrected chi connectivity index (χ1v) is 10.3. The topological polar surface area (TPSA) is 41.9 Å². The minimum absolute atomic E-state index is 0.266. The van der Waals surface area contributed by atoms with Crippen LogP contribution in [0.3, 0.4) is 0 Å². The Labute approximate surface area is 177 Å². The minimum atomic E-state index is -0.614. The zero-order valence-corrected chi connectivity index (χ0v) is 17.6. The summed E-state index contributed by atoms with van der Waals surface area (Å²) in [6.45, 7) is 4.03. The summed E-state index contributed by atoms with van der Waals surface area (Å²) in [5.41, 5.74) is 3.58. The maximum Gasteiger partial charge on any atom is 0.316 e. The van der Waals surface area contributed by atoms with E-state index in [1.807, 2.05) is 51.2 Å². The van der Waals surface area contributed by atoms with Gasteiger partial charge in [0.05, 0.1) is 12.3 Å². The molecule has 0 fully saturated rings. The van der Waals surface area contributed by atoms with Gasteiger partial charge in [0.15, 0.2) is 0 Å². The second-order valence-corrected chi connectivity index (χ2v) is 7.46. The van der Waals surface area contributed by atoms with Crippen molar-refractivity contribution in [3.05, 3.63) is 102 Å². The van der Waals surface area contributed by atoms with E-state index in [0.29, 0.717) is 12.4 Å². The fraction of sp³-hybridized carbons (Fsp3) is 0.231. The number of ether oxygens (including phenoxy) is 1. The third-order valence-corrected chi connectivity index (χ3v) is 5.79. The molecular formula is C26H26N2O2. The largest absolute Gasteiger partial charge is 0.465 e. The van der Waals surface area contributed by atoms with Crippen molar-refractivity contribution in [2.75, 3.05) is 13.7 Å². The van der Waals surface area contributed by atoms with Gasteiger partial charge in [0.1, 0.15) is 17.3 Å². The predicted molar refractivity (Wildman–Crippen MR) is 120 cm³/mol. The monoisotopic (exact) mass is 398 g/mol. The highest BCUT2D eigenvalue weighted by Gasteiger charge is 2.47. The van der Waals surface area contributed by atoms with E-state index >= 15 is 0 Å². The highest BCUT2D eigenvalue weighted by Crippen LogP contribution is 2.48. The molecule has 0 aliphatic carbocycles. The van der Waals surface area contributed by atoms with Gasteiger partial charge in [-0.15, -0.1) is 0 Å². The molecule has 1 aliphatic heterocycles. The van der Waals surface area contributed by atoms with Crippen molar-refractivity contribution in [1.82, 2.24) is 4.90 Å². The molecule has 4 rings (SSSR count). The maximum absolute atomic E-state index is 12.7. The molecule has 3 aromatic carbocycles. The molecule has 152 valence electrons. The van der Waals surface area contributed by atoms with Crippen LogP contribution >= 0.6 is 0 Å². The summed E-state index contributed by atoms with van der Waals surface area (Å²) >= 11 is 0. The second-order valence-electron chi connectivity index (χ2n) is 7.46. The zero-order chi connectivity index (χ0) is 21.1. The number of benzene rings is 3. The van der Waals surface area contributed by atoms with Crippen molar-refractivity contribution in [2.45, 2.75) is 19.4 Å². The van der Waals surface area contributed by atoms with Gasteiger partial charge in [-0.3, -0.25) is 4.79 Å². The predicted octanol–water partition coefficient (Wildman–Crippen LogP) is 5.15. The molecule has 4 heteroatoms. The Balaban J connectivity index is 2.02. The molecule has 1 atom stereocenters. The molecule has 4 nitrogen and oxygen atoms in total. The number of amidine groups is 1. The van der Waals surface area contributed by atoms with Crippen LogP contribution in [0.4, 0.5) is 5.69 Å². The van der Waals surface area contributed by atoms with Crippen molar-refractivity contribution in [1.29, 1.82) is 0 Å². The zero-order valence-electron chi connectivity index (χ0n) is 17.6. The molecule has 0 bridgehead atoms. The third-order valence-electron chi connectivity index (χ3n) is 5.79.